The normalized spacial score (nSPS) is 14.1. The molecule has 86 valence electrons. The molecule has 1 aliphatic heterocycles. The summed E-state index contributed by atoms with van der Waals surface area (Å²) in [7, 11) is 0. The predicted octanol–water partition coefficient (Wildman–Crippen LogP) is 2.64. The standard InChI is InChI=1S/C14H4N5/c1-17-11(7-15)13-9-5-3-4-6-10(9)14(19-13)12(8-16)18-2/h3-6H/q-1/b13-11+. The summed E-state index contributed by atoms with van der Waals surface area (Å²) >= 11 is 0. The molecule has 0 saturated carbocycles. The second-order valence-electron chi connectivity index (χ2n) is 3.50. The number of nitrogens with zero attached hydrogens (tertiary/aromatic N) is 5. The van der Waals surface area contributed by atoms with E-state index in [-0.39, 0.29) is 22.8 Å². The lowest BCUT2D eigenvalue weighted by Gasteiger charge is -2.00. The van der Waals surface area contributed by atoms with Crippen molar-refractivity contribution >= 4 is 17.3 Å². The summed E-state index contributed by atoms with van der Waals surface area (Å²) in [6.07, 6.45) is 0. The van der Waals surface area contributed by atoms with E-state index >= 15 is 0 Å². The Kier molecular flexibility index (Phi) is 3.05. The molecule has 1 aromatic carbocycles. The first-order valence-corrected chi connectivity index (χ1v) is 5.12. The van der Waals surface area contributed by atoms with E-state index in [0.29, 0.717) is 11.1 Å². The molecule has 2 rings (SSSR count). The van der Waals surface area contributed by atoms with Crippen LogP contribution in [0.3, 0.4) is 0 Å². The highest BCUT2D eigenvalue weighted by Gasteiger charge is 2.24. The van der Waals surface area contributed by atoms with E-state index in [1.54, 1.807) is 36.2 Å². The van der Waals surface area contributed by atoms with Crippen molar-refractivity contribution in [3.05, 3.63) is 75.0 Å². The molecule has 0 fully saturated rings. The first-order valence-electron chi connectivity index (χ1n) is 5.12. The predicted molar refractivity (Wildman–Crippen MR) is 70.6 cm³/mol. The summed E-state index contributed by atoms with van der Waals surface area (Å²) in [5, 5.41) is 17.9. The van der Waals surface area contributed by atoms with E-state index in [2.05, 4.69) is 14.7 Å². The molecule has 0 aromatic heterocycles. The lowest BCUT2D eigenvalue weighted by Crippen LogP contribution is -1.99. The summed E-state index contributed by atoms with van der Waals surface area (Å²) in [4.78, 5) is 10.4. The van der Waals surface area contributed by atoms with Crippen LogP contribution < -0.4 is 0 Å². The van der Waals surface area contributed by atoms with Gasteiger partial charge in [-0.1, -0.05) is 24.3 Å². The molecular formula is C14H4N5-. The zero-order valence-electron chi connectivity index (χ0n) is 9.55. The summed E-state index contributed by atoms with van der Waals surface area (Å²) < 4.78 is 0. The molecule has 0 radical (unpaired) electrons. The van der Waals surface area contributed by atoms with Gasteiger partial charge < -0.3 is 5.41 Å². The molecular weight excluding hydrogens is 238 g/mol. The first kappa shape index (κ1) is 12.0. The van der Waals surface area contributed by atoms with E-state index in [1.807, 2.05) is 0 Å². The number of hydrogen-bond acceptors (Lipinski definition) is 2. The van der Waals surface area contributed by atoms with Gasteiger partial charge in [-0.15, -0.1) is 0 Å². The second kappa shape index (κ2) is 4.82. The van der Waals surface area contributed by atoms with Crippen molar-refractivity contribution in [2.75, 3.05) is 0 Å². The molecule has 0 aliphatic carbocycles. The largest absolute Gasteiger partial charge is 0.775 e. The fourth-order valence-electron chi connectivity index (χ4n) is 1.75. The minimum atomic E-state index is -0.148. The molecule has 0 bridgehead atoms. The highest BCUT2D eigenvalue weighted by Crippen LogP contribution is 2.33. The zero-order valence-corrected chi connectivity index (χ0v) is 9.55. The van der Waals surface area contributed by atoms with Crippen molar-refractivity contribution in [1.82, 2.24) is 0 Å². The van der Waals surface area contributed by atoms with Crippen LogP contribution in [0.4, 0.5) is 0 Å². The van der Waals surface area contributed by atoms with Crippen LogP contribution in [-0.4, -0.2) is 11.6 Å². The number of hydrogen-bond donors (Lipinski definition) is 0. The number of allylic oxidation sites excluding steroid dienone is 2. The Morgan fingerprint density at radius 2 is 1.89 bits per heavy atom. The number of aliphatic imine (C=N–C) groups is 1. The van der Waals surface area contributed by atoms with Crippen molar-refractivity contribution < 1.29 is 0 Å². The minimum Gasteiger partial charge on any atom is -0.775 e. The number of fused-ring (bicyclic) bond motifs is 1. The maximum atomic E-state index is 8.93. The van der Waals surface area contributed by atoms with Gasteiger partial charge in [0.25, 0.3) is 5.70 Å². The van der Waals surface area contributed by atoms with Gasteiger partial charge in [0, 0.05) is 0 Å². The first-order chi connectivity index (χ1) is 9.26. The van der Waals surface area contributed by atoms with Crippen LogP contribution in [0.2, 0.25) is 0 Å². The van der Waals surface area contributed by atoms with Gasteiger partial charge in [0.15, 0.2) is 0 Å². The third-order valence-corrected chi connectivity index (χ3v) is 2.54. The van der Waals surface area contributed by atoms with Gasteiger partial charge in [-0.05, 0) is 11.1 Å². The topological polar surface area (TPSA) is 67.2 Å². The Hall–Kier alpha value is -3.45. The Bertz CT molecular complexity index is 783. The molecule has 0 amide bonds. The smallest absolute Gasteiger partial charge is 0.287 e. The zero-order chi connectivity index (χ0) is 13.8. The van der Waals surface area contributed by atoms with Crippen molar-refractivity contribution in [3.63, 3.8) is 0 Å². The summed E-state index contributed by atoms with van der Waals surface area (Å²) in [5.41, 5.74) is 1.34. The Morgan fingerprint density at radius 1 is 1.21 bits per heavy atom. The van der Waals surface area contributed by atoms with Gasteiger partial charge in [-0.2, -0.15) is 0 Å². The molecule has 1 heterocycles. The van der Waals surface area contributed by atoms with Crippen LogP contribution >= 0.6 is 0 Å². The Balaban J connectivity index is 2.82. The third kappa shape index (κ3) is 1.81. The van der Waals surface area contributed by atoms with Crippen molar-refractivity contribution in [3.8, 4) is 6.07 Å². The lowest BCUT2D eigenvalue weighted by molar-refractivity contribution is 1.47. The molecule has 1 aromatic rings. The Morgan fingerprint density at radius 3 is 2.42 bits per heavy atom. The van der Waals surface area contributed by atoms with Gasteiger partial charge in [0.05, 0.1) is 30.6 Å². The summed E-state index contributed by atoms with van der Waals surface area (Å²) in [6, 6.07) is 8.70. The fourth-order valence-corrected chi connectivity index (χ4v) is 1.75. The third-order valence-electron chi connectivity index (χ3n) is 2.54. The minimum absolute atomic E-state index is 0.148. The molecule has 0 spiro atoms. The average molecular weight is 242 g/mol. The second-order valence-corrected chi connectivity index (χ2v) is 3.50. The molecule has 0 atom stereocenters. The molecule has 5 heteroatoms. The quantitative estimate of drug-likeness (QED) is 0.424. The van der Waals surface area contributed by atoms with Crippen LogP contribution in [0, 0.1) is 24.5 Å². The molecule has 0 saturated heterocycles. The number of rotatable bonds is 1. The van der Waals surface area contributed by atoms with E-state index in [0.717, 1.165) is 0 Å². The fraction of sp³-hybridized carbons (Fsp3) is 0. The van der Waals surface area contributed by atoms with E-state index < -0.39 is 0 Å². The van der Waals surface area contributed by atoms with Crippen molar-refractivity contribution in [2.24, 2.45) is 4.99 Å². The van der Waals surface area contributed by atoms with E-state index in [1.165, 1.54) is 0 Å². The van der Waals surface area contributed by atoms with Crippen LogP contribution in [0.25, 0.3) is 20.8 Å². The average Bonchev–Trinajstić information content (AvgIpc) is 2.82. The molecule has 0 unspecified atom stereocenters. The summed E-state index contributed by atoms with van der Waals surface area (Å²) in [6.45, 7) is 13.9. The van der Waals surface area contributed by atoms with Crippen molar-refractivity contribution in [1.29, 1.82) is 5.26 Å². The number of benzene rings is 1. The van der Waals surface area contributed by atoms with Gasteiger partial charge in [0.2, 0.25) is 5.70 Å². The molecule has 5 nitrogen and oxygen atoms in total. The van der Waals surface area contributed by atoms with Gasteiger partial charge in [0.1, 0.15) is 0 Å². The van der Waals surface area contributed by atoms with Gasteiger partial charge in [-0.25, -0.2) is 15.0 Å². The van der Waals surface area contributed by atoms with Crippen LogP contribution in [0.5, 0.6) is 0 Å². The van der Waals surface area contributed by atoms with Gasteiger partial charge >= 0.3 is 0 Å². The SMILES string of the molecule is [C-]#[N+]C(=C=[N-])C1=N/C(=C(\C#N)[N+]#[C-])c2ccccc21. The maximum absolute atomic E-state index is 8.93. The molecule has 0 N–H and O–H groups in total. The van der Waals surface area contributed by atoms with Crippen LogP contribution in [0.1, 0.15) is 11.1 Å². The lowest BCUT2D eigenvalue weighted by atomic mass is 10.0. The van der Waals surface area contributed by atoms with E-state index in [4.69, 9.17) is 23.8 Å². The van der Waals surface area contributed by atoms with Crippen LogP contribution in [-0.2, 0) is 0 Å². The summed E-state index contributed by atoms with van der Waals surface area (Å²) in [5.74, 6) is 1.78. The highest BCUT2D eigenvalue weighted by molar-refractivity contribution is 6.24. The molecule has 1 aliphatic rings. The van der Waals surface area contributed by atoms with Gasteiger partial charge in [-0.3, -0.25) is 10.9 Å². The maximum Gasteiger partial charge on any atom is 0.287 e. The van der Waals surface area contributed by atoms with Crippen LogP contribution in [0.15, 0.2) is 40.7 Å². The number of nitriles is 1. The molecule has 19 heavy (non-hydrogen) atoms. The van der Waals surface area contributed by atoms with Crippen molar-refractivity contribution in [2.45, 2.75) is 0 Å². The monoisotopic (exact) mass is 242 g/mol. The Labute approximate surface area is 109 Å². The highest BCUT2D eigenvalue weighted by atomic mass is 14.9. The van der Waals surface area contributed by atoms with E-state index in [9.17, 15) is 0 Å².